The minimum Gasteiger partial charge on any atom is -0.507 e. The van der Waals surface area contributed by atoms with E-state index in [4.69, 9.17) is 23.7 Å². The summed E-state index contributed by atoms with van der Waals surface area (Å²) in [5, 5.41) is 39.6. The lowest BCUT2D eigenvalue weighted by atomic mass is 9.75. The Balaban J connectivity index is 1.67. The second-order valence-corrected chi connectivity index (χ2v) is 13.9. The molecule has 2 aromatic carbocycles. The van der Waals surface area contributed by atoms with Crippen LogP contribution in [-0.4, -0.2) is 97.5 Å². The number of nitrogens with one attached hydrogen (secondary N) is 2. The van der Waals surface area contributed by atoms with E-state index in [1.165, 1.54) is 21.1 Å². The first kappa shape index (κ1) is 36.4. The topological polar surface area (TPSA) is 175 Å². The van der Waals surface area contributed by atoms with Crippen LogP contribution in [0.1, 0.15) is 73.2 Å². The Morgan fingerprint density at radius 3 is 2.36 bits per heavy atom. The quantitative estimate of drug-likeness (QED) is 0.220. The Kier molecular flexibility index (Phi) is 10.0. The van der Waals surface area contributed by atoms with E-state index >= 15 is 0 Å². The molecule has 1 saturated heterocycles. The predicted molar refractivity (Wildman–Crippen MR) is 183 cm³/mol. The minimum absolute atomic E-state index is 0.0314. The van der Waals surface area contributed by atoms with Gasteiger partial charge in [0.25, 0.3) is 0 Å². The van der Waals surface area contributed by atoms with Crippen molar-refractivity contribution >= 4 is 18.1 Å². The Labute approximate surface area is 292 Å². The lowest BCUT2D eigenvalue weighted by molar-refractivity contribution is -0.123. The molecule has 1 fully saturated rings. The number of amides is 2. The maximum Gasteiger partial charge on any atom is 0.408 e. The molecule has 2 amide bonds. The predicted octanol–water partition coefficient (Wildman–Crippen LogP) is 3.95. The van der Waals surface area contributed by atoms with Crippen LogP contribution in [0.4, 0.5) is 4.79 Å². The molecule has 2 bridgehead atoms. The molecule has 0 radical (unpaired) electrons. The third-order valence-corrected chi connectivity index (χ3v) is 9.55. The van der Waals surface area contributed by atoms with E-state index in [1.807, 2.05) is 18.9 Å². The van der Waals surface area contributed by atoms with Crippen LogP contribution in [0.3, 0.4) is 0 Å². The van der Waals surface area contributed by atoms with Crippen LogP contribution < -0.4 is 24.8 Å². The number of phenols is 2. The van der Waals surface area contributed by atoms with Gasteiger partial charge in [0.05, 0.1) is 32.4 Å². The monoisotopic (exact) mass is 693 g/mol. The van der Waals surface area contributed by atoms with Crippen molar-refractivity contribution in [3.05, 3.63) is 45.1 Å². The van der Waals surface area contributed by atoms with Gasteiger partial charge in [0.1, 0.15) is 23.4 Å². The van der Waals surface area contributed by atoms with Gasteiger partial charge in [-0.2, -0.15) is 5.26 Å². The van der Waals surface area contributed by atoms with Crippen LogP contribution in [-0.2, 0) is 20.7 Å². The van der Waals surface area contributed by atoms with Crippen LogP contribution in [0.5, 0.6) is 28.7 Å². The zero-order chi connectivity index (χ0) is 36.8. The van der Waals surface area contributed by atoms with Crippen molar-refractivity contribution < 1.29 is 43.5 Å². The number of nitriles is 1. The summed E-state index contributed by atoms with van der Waals surface area (Å²) >= 11 is 0. The number of phenolic OH excluding ortho intramolecular Hbond substituents is 2. The number of methoxy groups -OCH3 is 3. The van der Waals surface area contributed by atoms with Crippen LogP contribution in [0.25, 0.3) is 6.08 Å². The molecule has 3 aliphatic heterocycles. The zero-order valence-corrected chi connectivity index (χ0v) is 30.3. The lowest BCUT2D eigenvalue weighted by Gasteiger charge is -2.57. The molecule has 50 heavy (non-hydrogen) atoms. The molecule has 5 rings (SSSR count). The Hall–Kier alpha value is -4.87. The number of ether oxygens (including phenoxy) is 5. The van der Waals surface area contributed by atoms with Gasteiger partial charge in [-0.1, -0.05) is 6.07 Å². The second kappa shape index (κ2) is 13.8. The third kappa shape index (κ3) is 6.20. The summed E-state index contributed by atoms with van der Waals surface area (Å²) < 4.78 is 28.1. The van der Waals surface area contributed by atoms with Gasteiger partial charge in [0.15, 0.2) is 29.8 Å². The molecule has 0 aromatic heterocycles. The number of hydrogen-bond acceptors (Lipinski definition) is 12. The highest BCUT2D eigenvalue weighted by molar-refractivity contribution is 5.85. The van der Waals surface area contributed by atoms with E-state index in [-0.39, 0.29) is 36.6 Å². The molecule has 14 heteroatoms. The number of hydrogen-bond donors (Lipinski definition) is 4. The van der Waals surface area contributed by atoms with Crippen LogP contribution >= 0.6 is 0 Å². The highest BCUT2D eigenvalue weighted by atomic mass is 16.7. The molecule has 2 aromatic rings. The normalized spacial score (nSPS) is 21.4. The average Bonchev–Trinajstić information content (AvgIpc) is 3.04. The summed E-state index contributed by atoms with van der Waals surface area (Å²) in [6.07, 6.45) is 1.53. The largest absolute Gasteiger partial charge is 0.507 e. The number of piperazine rings is 1. The Bertz CT molecular complexity index is 1760. The van der Waals surface area contributed by atoms with Gasteiger partial charge in [-0.15, -0.1) is 0 Å². The molecular weight excluding hydrogens is 646 g/mol. The summed E-state index contributed by atoms with van der Waals surface area (Å²) in [6.45, 7) is 10.1. The fraction of sp³-hybridized carbons (Fsp3) is 0.528. The Morgan fingerprint density at radius 1 is 1.08 bits per heavy atom. The van der Waals surface area contributed by atoms with Crippen molar-refractivity contribution in [2.24, 2.45) is 0 Å². The molecule has 270 valence electrons. The van der Waals surface area contributed by atoms with Crippen molar-refractivity contribution in [1.29, 1.82) is 5.26 Å². The van der Waals surface area contributed by atoms with Crippen LogP contribution in [0, 0.1) is 25.2 Å². The van der Waals surface area contributed by atoms with E-state index in [2.05, 4.69) is 27.7 Å². The minimum atomic E-state index is -0.973. The van der Waals surface area contributed by atoms with Gasteiger partial charge in [-0.25, -0.2) is 4.79 Å². The fourth-order valence-corrected chi connectivity index (χ4v) is 7.44. The lowest BCUT2D eigenvalue weighted by Crippen LogP contribution is -2.62. The maximum absolute atomic E-state index is 13.4. The van der Waals surface area contributed by atoms with E-state index in [0.717, 1.165) is 16.7 Å². The van der Waals surface area contributed by atoms with Crippen molar-refractivity contribution in [3.63, 3.8) is 0 Å². The zero-order valence-electron chi connectivity index (χ0n) is 30.3. The van der Waals surface area contributed by atoms with E-state index in [1.54, 1.807) is 40.9 Å². The van der Waals surface area contributed by atoms with Crippen molar-refractivity contribution in [2.45, 2.75) is 83.8 Å². The third-order valence-electron chi connectivity index (χ3n) is 9.55. The number of aryl methyl sites for hydroxylation is 1. The number of benzene rings is 2. The average molecular weight is 694 g/mol. The maximum atomic E-state index is 13.4. The van der Waals surface area contributed by atoms with E-state index in [9.17, 15) is 25.1 Å². The summed E-state index contributed by atoms with van der Waals surface area (Å²) in [7, 11) is 6.45. The van der Waals surface area contributed by atoms with Gasteiger partial charge in [-0.05, 0) is 72.2 Å². The Morgan fingerprint density at radius 2 is 1.76 bits per heavy atom. The van der Waals surface area contributed by atoms with Gasteiger partial charge >= 0.3 is 6.09 Å². The van der Waals surface area contributed by atoms with Crippen LogP contribution in [0.2, 0.25) is 0 Å². The molecule has 5 atom stereocenters. The van der Waals surface area contributed by atoms with Crippen molar-refractivity contribution in [3.8, 4) is 34.8 Å². The second-order valence-electron chi connectivity index (χ2n) is 13.9. The first-order chi connectivity index (χ1) is 23.6. The standard InChI is InChI=1S/C36H47N5O9/c1-17-11-20-12-22-24(14-37)41-23(28(40(22)7)26(20)33(31(17)47-9)49-16-46-8)13-21-27(30(43)32(48-10)18(2)29(21)42)25(41)15-38-34(44)19(3)39-35(45)50-36(4,5)6/h11,13,19,22,24-25,28,42-43H,12,15-16H2,1-10H3,(H,38,44)(H,39,45)/t19-,22-,24-,25-,28-/m0/s1. The number of carbonyl (C=O) groups excluding carboxylic acids is 2. The van der Waals surface area contributed by atoms with Gasteiger partial charge in [0, 0.05) is 47.6 Å². The summed E-state index contributed by atoms with van der Waals surface area (Å²) in [5.74, 6) is 0.305. The number of likely N-dealkylation sites (N-methyl/N-ethyl adjacent to an activating group) is 1. The van der Waals surface area contributed by atoms with E-state index < -0.39 is 41.8 Å². The highest BCUT2D eigenvalue weighted by Gasteiger charge is 2.53. The molecule has 3 aliphatic rings. The fourth-order valence-electron chi connectivity index (χ4n) is 7.44. The number of rotatable bonds is 9. The smallest absolute Gasteiger partial charge is 0.408 e. The van der Waals surface area contributed by atoms with Crippen molar-refractivity contribution in [2.75, 3.05) is 41.7 Å². The van der Waals surface area contributed by atoms with Gasteiger partial charge in [0.2, 0.25) is 5.91 Å². The summed E-state index contributed by atoms with van der Waals surface area (Å²) in [4.78, 5) is 29.9. The van der Waals surface area contributed by atoms with E-state index in [0.29, 0.717) is 40.3 Å². The molecule has 0 aliphatic carbocycles. The van der Waals surface area contributed by atoms with Gasteiger partial charge < -0.3 is 49.4 Å². The summed E-state index contributed by atoms with van der Waals surface area (Å²) in [6, 6.07) is 1.19. The number of carbonyl (C=O) groups is 2. The summed E-state index contributed by atoms with van der Waals surface area (Å²) in [5.41, 5.74) is 3.53. The van der Waals surface area contributed by atoms with Crippen molar-refractivity contribution in [1.82, 2.24) is 20.4 Å². The number of aromatic hydroxyl groups is 2. The molecule has 0 spiro atoms. The SMILES string of the molecule is COCOc1c(OC)c(C)cc2c1[C@@H]1C3=Cc4c(O)c(C)c(OC)c(O)c4[C@H](CNC(=O)[C@H](C)NC(=O)OC(C)(C)C)N3[C@@H](C#N)[C@H](C2)N1C. The molecule has 3 heterocycles. The number of alkyl carbamates (subject to hydrolysis) is 1. The number of fused-ring (bicyclic) bond motifs is 7. The van der Waals surface area contributed by atoms with Crippen LogP contribution in [0.15, 0.2) is 11.8 Å². The molecule has 14 nitrogen and oxygen atoms in total. The van der Waals surface area contributed by atoms with Gasteiger partial charge in [-0.3, -0.25) is 9.69 Å². The molecule has 4 N–H and O–H groups in total. The first-order valence-corrected chi connectivity index (χ1v) is 16.4. The molecular formula is C36H47N5O9. The number of nitrogens with zero attached hydrogens (tertiary/aromatic N) is 3. The molecule has 0 saturated carbocycles. The molecule has 0 unspecified atom stereocenters. The highest BCUT2D eigenvalue weighted by Crippen LogP contribution is 2.58. The first-order valence-electron chi connectivity index (χ1n) is 16.4.